The highest BCUT2D eigenvalue weighted by Crippen LogP contribution is 2.29. The van der Waals surface area contributed by atoms with Crippen molar-refractivity contribution < 1.29 is 14.6 Å². The monoisotopic (exact) mass is 341 g/mol. The van der Waals surface area contributed by atoms with Crippen molar-refractivity contribution >= 4 is 21.8 Å². The molecule has 2 rings (SSSR count). The number of aliphatic hydroxyl groups excluding tert-OH is 1. The van der Waals surface area contributed by atoms with Gasteiger partial charge in [-0.15, -0.1) is 0 Å². The van der Waals surface area contributed by atoms with Gasteiger partial charge in [0.25, 0.3) is 0 Å². The number of nitrogens with one attached hydrogen (secondary N) is 1. The molecule has 1 fully saturated rings. The molecule has 0 aliphatic heterocycles. The molecule has 110 valence electrons. The number of hydrogen-bond acceptors (Lipinski definition) is 3. The number of methoxy groups -OCH3 is 1. The molecule has 1 aliphatic rings. The Bertz CT molecular complexity index is 474. The fourth-order valence-corrected chi connectivity index (χ4v) is 2.69. The van der Waals surface area contributed by atoms with E-state index in [0.717, 1.165) is 35.0 Å². The minimum Gasteiger partial charge on any atom is -0.496 e. The molecule has 5 heteroatoms. The second-order valence-electron chi connectivity index (χ2n) is 5.24. The summed E-state index contributed by atoms with van der Waals surface area (Å²) in [7, 11) is 1.63. The van der Waals surface area contributed by atoms with E-state index >= 15 is 0 Å². The summed E-state index contributed by atoms with van der Waals surface area (Å²) in [6.45, 7) is 0.587. The first-order valence-electron chi connectivity index (χ1n) is 6.85. The lowest BCUT2D eigenvalue weighted by atomic mass is 10.00. The molecule has 0 heterocycles. The summed E-state index contributed by atoms with van der Waals surface area (Å²) >= 11 is 3.45. The van der Waals surface area contributed by atoms with Gasteiger partial charge in [-0.3, -0.25) is 4.79 Å². The van der Waals surface area contributed by atoms with Gasteiger partial charge in [0.15, 0.2) is 0 Å². The predicted octanol–water partition coefficient (Wildman–Crippen LogP) is 2.13. The number of rotatable bonds is 7. The molecular weight excluding hydrogens is 322 g/mol. The van der Waals surface area contributed by atoms with Crippen LogP contribution in [0.5, 0.6) is 5.75 Å². The fraction of sp³-hybridized carbons (Fsp3) is 0.533. The summed E-state index contributed by atoms with van der Waals surface area (Å²) in [6.07, 6.45) is 2.73. The minimum absolute atomic E-state index is 0.0398. The van der Waals surface area contributed by atoms with Crippen molar-refractivity contribution in [2.75, 3.05) is 20.3 Å². The number of carbonyl (C=O) groups excluding carboxylic acids is 1. The zero-order chi connectivity index (χ0) is 14.5. The van der Waals surface area contributed by atoms with Gasteiger partial charge in [-0.1, -0.05) is 6.07 Å². The third kappa shape index (κ3) is 4.21. The Labute approximate surface area is 127 Å². The van der Waals surface area contributed by atoms with Gasteiger partial charge in [0.2, 0.25) is 5.91 Å². The molecule has 1 aliphatic carbocycles. The van der Waals surface area contributed by atoms with Crippen LogP contribution in [0.4, 0.5) is 0 Å². The SMILES string of the molecule is COc1ccc(C[C@@H](CO)CNC(=O)C2CC2)cc1Br. The maximum absolute atomic E-state index is 11.6. The maximum atomic E-state index is 11.6. The Morgan fingerprint density at radius 1 is 1.55 bits per heavy atom. The first kappa shape index (κ1) is 15.3. The lowest BCUT2D eigenvalue weighted by Crippen LogP contribution is -2.32. The smallest absolute Gasteiger partial charge is 0.223 e. The highest BCUT2D eigenvalue weighted by Gasteiger charge is 2.29. The summed E-state index contributed by atoms with van der Waals surface area (Å²) < 4.78 is 6.09. The summed E-state index contributed by atoms with van der Waals surface area (Å²) in [5, 5.41) is 12.4. The molecule has 20 heavy (non-hydrogen) atoms. The molecule has 1 aromatic carbocycles. The number of hydrogen-bond donors (Lipinski definition) is 2. The Morgan fingerprint density at radius 3 is 2.85 bits per heavy atom. The van der Waals surface area contributed by atoms with Crippen LogP contribution in [0.15, 0.2) is 22.7 Å². The van der Waals surface area contributed by atoms with Gasteiger partial charge in [0, 0.05) is 25.0 Å². The van der Waals surface area contributed by atoms with Crippen molar-refractivity contribution in [1.82, 2.24) is 5.32 Å². The molecule has 0 spiro atoms. The second kappa shape index (κ2) is 7.09. The van der Waals surface area contributed by atoms with Crippen LogP contribution < -0.4 is 10.1 Å². The van der Waals surface area contributed by atoms with Gasteiger partial charge in [0.1, 0.15) is 5.75 Å². The zero-order valence-corrected chi connectivity index (χ0v) is 13.1. The number of carbonyl (C=O) groups is 1. The van der Waals surface area contributed by atoms with Crippen molar-refractivity contribution in [3.8, 4) is 5.75 Å². The second-order valence-corrected chi connectivity index (χ2v) is 6.10. The summed E-state index contributed by atoms with van der Waals surface area (Å²) in [5.41, 5.74) is 1.11. The van der Waals surface area contributed by atoms with Crippen molar-refractivity contribution in [2.45, 2.75) is 19.3 Å². The predicted molar refractivity (Wildman–Crippen MR) is 80.7 cm³/mol. The Balaban J connectivity index is 1.88. The Kier molecular flexibility index (Phi) is 5.43. The topological polar surface area (TPSA) is 58.6 Å². The van der Waals surface area contributed by atoms with Crippen LogP contribution in [0.1, 0.15) is 18.4 Å². The Morgan fingerprint density at radius 2 is 2.30 bits per heavy atom. The van der Waals surface area contributed by atoms with E-state index in [-0.39, 0.29) is 24.3 Å². The molecule has 1 amide bonds. The number of halogens is 1. The number of benzene rings is 1. The van der Waals surface area contributed by atoms with Crippen molar-refractivity contribution in [2.24, 2.45) is 11.8 Å². The average Bonchev–Trinajstić information content (AvgIpc) is 3.27. The highest BCUT2D eigenvalue weighted by atomic mass is 79.9. The van der Waals surface area contributed by atoms with Crippen LogP contribution in [-0.4, -0.2) is 31.3 Å². The molecule has 2 N–H and O–H groups in total. The summed E-state index contributed by atoms with van der Waals surface area (Å²) in [4.78, 5) is 11.6. The van der Waals surface area contributed by atoms with Crippen LogP contribution in [0, 0.1) is 11.8 Å². The molecule has 0 saturated heterocycles. The van der Waals surface area contributed by atoms with Crippen LogP contribution in [0.3, 0.4) is 0 Å². The van der Waals surface area contributed by atoms with E-state index in [2.05, 4.69) is 21.2 Å². The van der Waals surface area contributed by atoms with Gasteiger partial charge in [-0.05, 0) is 52.9 Å². The van der Waals surface area contributed by atoms with E-state index in [0.29, 0.717) is 6.54 Å². The molecule has 0 unspecified atom stereocenters. The molecule has 0 aromatic heterocycles. The van der Waals surface area contributed by atoms with Crippen molar-refractivity contribution in [3.05, 3.63) is 28.2 Å². The Hall–Kier alpha value is -1.07. The van der Waals surface area contributed by atoms with Crippen LogP contribution in [0.2, 0.25) is 0 Å². The molecular formula is C15H20BrNO3. The lowest BCUT2D eigenvalue weighted by Gasteiger charge is -2.16. The quantitative estimate of drug-likeness (QED) is 0.798. The molecule has 4 nitrogen and oxygen atoms in total. The minimum atomic E-state index is 0.0398. The lowest BCUT2D eigenvalue weighted by molar-refractivity contribution is -0.122. The number of amides is 1. The molecule has 1 saturated carbocycles. The average molecular weight is 342 g/mol. The van der Waals surface area contributed by atoms with Gasteiger partial charge < -0.3 is 15.2 Å². The molecule has 1 atom stereocenters. The number of aliphatic hydroxyl groups is 1. The van der Waals surface area contributed by atoms with Crippen LogP contribution in [-0.2, 0) is 11.2 Å². The van der Waals surface area contributed by atoms with E-state index in [1.807, 2.05) is 18.2 Å². The maximum Gasteiger partial charge on any atom is 0.223 e. The third-order valence-corrected chi connectivity index (χ3v) is 4.13. The first-order chi connectivity index (χ1) is 9.63. The summed E-state index contributed by atoms with van der Waals surface area (Å²) in [6, 6.07) is 5.87. The van der Waals surface area contributed by atoms with E-state index in [1.54, 1.807) is 7.11 Å². The fourth-order valence-electron chi connectivity index (χ4n) is 2.11. The van der Waals surface area contributed by atoms with E-state index in [4.69, 9.17) is 4.74 Å². The highest BCUT2D eigenvalue weighted by molar-refractivity contribution is 9.10. The molecule has 0 radical (unpaired) electrons. The van der Waals surface area contributed by atoms with Crippen LogP contribution in [0.25, 0.3) is 0 Å². The number of ether oxygens (including phenoxy) is 1. The zero-order valence-electron chi connectivity index (χ0n) is 11.6. The van der Waals surface area contributed by atoms with Crippen LogP contribution >= 0.6 is 15.9 Å². The molecule has 0 bridgehead atoms. The van der Waals surface area contributed by atoms with Gasteiger partial charge in [-0.2, -0.15) is 0 Å². The van der Waals surface area contributed by atoms with E-state index in [9.17, 15) is 9.90 Å². The summed E-state index contributed by atoms with van der Waals surface area (Å²) in [5.74, 6) is 1.16. The van der Waals surface area contributed by atoms with Crippen molar-refractivity contribution in [1.29, 1.82) is 0 Å². The third-order valence-electron chi connectivity index (χ3n) is 3.51. The van der Waals surface area contributed by atoms with E-state index in [1.165, 1.54) is 0 Å². The van der Waals surface area contributed by atoms with E-state index < -0.39 is 0 Å². The van der Waals surface area contributed by atoms with Crippen molar-refractivity contribution in [3.63, 3.8) is 0 Å². The van der Waals surface area contributed by atoms with Gasteiger partial charge >= 0.3 is 0 Å². The first-order valence-corrected chi connectivity index (χ1v) is 7.64. The molecule has 1 aromatic rings. The largest absolute Gasteiger partial charge is 0.496 e. The van der Waals surface area contributed by atoms with Gasteiger partial charge in [-0.25, -0.2) is 0 Å². The van der Waals surface area contributed by atoms with Gasteiger partial charge in [0.05, 0.1) is 11.6 Å². The standard InChI is InChI=1S/C15H20BrNO3/c1-20-14-5-2-10(7-13(14)16)6-11(9-18)8-17-15(19)12-3-4-12/h2,5,7,11-12,18H,3-4,6,8-9H2,1H3,(H,17,19)/t11-/m1/s1. The normalized spacial score (nSPS) is 15.8.